The Morgan fingerprint density at radius 3 is 2.61 bits per heavy atom. The summed E-state index contributed by atoms with van der Waals surface area (Å²) in [6, 6.07) is 20.7. The zero-order chi connectivity index (χ0) is 18.9. The van der Waals surface area contributed by atoms with E-state index in [1.54, 1.807) is 0 Å². The number of carbonyl (C=O) groups is 1. The summed E-state index contributed by atoms with van der Waals surface area (Å²) in [6.45, 7) is 0. The van der Waals surface area contributed by atoms with E-state index in [4.69, 9.17) is 0 Å². The van der Waals surface area contributed by atoms with Crippen LogP contribution < -0.4 is 5.32 Å². The molecule has 3 aromatic carbocycles. The lowest BCUT2D eigenvalue weighted by molar-refractivity contribution is 0.102. The van der Waals surface area contributed by atoms with Crippen molar-refractivity contribution in [3.63, 3.8) is 0 Å². The van der Waals surface area contributed by atoms with Crippen molar-refractivity contribution in [1.82, 2.24) is 4.98 Å². The number of thiazole rings is 1. The van der Waals surface area contributed by atoms with Crippen molar-refractivity contribution in [3.8, 4) is 11.3 Å². The second-order valence-electron chi connectivity index (χ2n) is 7.24. The topological polar surface area (TPSA) is 42.0 Å². The number of benzene rings is 3. The molecule has 1 N–H and O–H groups in total. The number of carbonyl (C=O) groups excluding carboxylic acids is 1. The average molecular weight is 385 g/mol. The van der Waals surface area contributed by atoms with Gasteiger partial charge >= 0.3 is 0 Å². The minimum atomic E-state index is -0.0900. The molecule has 0 radical (unpaired) electrons. The molecule has 3 nitrogen and oxygen atoms in total. The van der Waals surface area contributed by atoms with Gasteiger partial charge in [-0.2, -0.15) is 0 Å². The van der Waals surface area contributed by atoms with E-state index >= 15 is 0 Å². The lowest BCUT2D eigenvalue weighted by atomic mass is 9.90. The monoisotopic (exact) mass is 384 g/mol. The van der Waals surface area contributed by atoms with Gasteiger partial charge in [-0.05, 0) is 65.8 Å². The highest BCUT2D eigenvalue weighted by Gasteiger charge is 2.14. The largest absolute Gasteiger partial charge is 0.298 e. The van der Waals surface area contributed by atoms with Crippen LogP contribution in [-0.4, -0.2) is 10.9 Å². The van der Waals surface area contributed by atoms with Crippen LogP contribution >= 0.6 is 11.3 Å². The minimum absolute atomic E-state index is 0.0900. The van der Waals surface area contributed by atoms with E-state index in [2.05, 4.69) is 46.7 Å². The number of anilines is 1. The smallest absolute Gasteiger partial charge is 0.257 e. The van der Waals surface area contributed by atoms with Crippen LogP contribution in [0.2, 0.25) is 0 Å². The first-order valence-corrected chi connectivity index (χ1v) is 10.5. The normalized spacial score (nSPS) is 13.3. The number of hydrogen-bond acceptors (Lipinski definition) is 3. The fraction of sp³-hybridized carbons (Fsp3) is 0.167. The standard InChI is InChI=1S/C24H20N2OS/c27-23(21-12-10-17-6-2-4-8-19(17)14-21)26-24-25-22(15-28-24)20-11-9-16-5-1-3-7-18(16)13-20/h1,3,5,7,9-15H,2,4,6,8H2,(H,25,26,27). The quantitative estimate of drug-likeness (QED) is 0.464. The first-order chi connectivity index (χ1) is 13.8. The number of nitrogens with zero attached hydrogens (tertiary/aromatic N) is 1. The molecule has 1 amide bonds. The molecule has 1 aromatic heterocycles. The highest BCUT2D eigenvalue weighted by molar-refractivity contribution is 7.14. The number of hydrogen-bond donors (Lipinski definition) is 1. The molecule has 0 saturated heterocycles. The van der Waals surface area contributed by atoms with E-state index < -0.39 is 0 Å². The highest BCUT2D eigenvalue weighted by atomic mass is 32.1. The molecule has 0 aliphatic heterocycles. The van der Waals surface area contributed by atoms with Gasteiger partial charge in [0.05, 0.1) is 5.69 Å². The second kappa shape index (κ2) is 7.21. The maximum Gasteiger partial charge on any atom is 0.257 e. The molecule has 0 spiro atoms. The van der Waals surface area contributed by atoms with E-state index in [1.807, 2.05) is 29.6 Å². The van der Waals surface area contributed by atoms with Gasteiger partial charge in [-0.1, -0.05) is 42.5 Å². The average Bonchev–Trinajstić information content (AvgIpc) is 3.21. The third kappa shape index (κ3) is 3.32. The van der Waals surface area contributed by atoms with Gasteiger partial charge in [-0.25, -0.2) is 4.98 Å². The zero-order valence-electron chi connectivity index (χ0n) is 15.4. The third-order valence-electron chi connectivity index (χ3n) is 5.38. The van der Waals surface area contributed by atoms with Gasteiger partial charge in [-0.15, -0.1) is 11.3 Å². The Morgan fingerprint density at radius 1 is 0.893 bits per heavy atom. The first-order valence-electron chi connectivity index (χ1n) is 9.64. The molecule has 1 aliphatic rings. The van der Waals surface area contributed by atoms with Crippen LogP contribution in [0.15, 0.2) is 66.0 Å². The van der Waals surface area contributed by atoms with Gasteiger partial charge in [0.2, 0.25) is 0 Å². The third-order valence-corrected chi connectivity index (χ3v) is 6.14. The summed E-state index contributed by atoms with van der Waals surface area (Å²) in [5.74, 6) is -0.0900. The van der Waals surface area contributed by atoms with Crippen molar-refractivity contribution in [2.45, 2.75) is 25.7 Å². The maximum atomic E-state index is 12.7. The van der Waals surface area contributed by atoms with Crippen molar-refractivity contribution < 1.29 is 4.79 Å². The molecule has 28 heavy (non-hydrogen) atoms. The van der Waals surface area contributed by atoms with Gasteiger partial charge in [-0.3, -0.25) is 10.1 Å². The molecule has 138 valence electrons. The molecule has 1 heterocycles. The van der Waals surface area contributed by atoms with Crippen LogP contribution in [0.5, 0.6) is 0 Å². The lowest BCUT2D eigenvalue weighted by Crippen LogP contribution is -2.13. The van der Waals surface area contributed by atoms with E-state index in [0.29, 0.717) is 10.7 Å². The second-order valence-corrected chi connectivity index (χ2v) is 8.10. The number of fused-ring (bicyclic) bond motifs is 2. The molecule has 0 fully saturated rings. The molecule has 4 heteroatoms. The Kier molecular flexibility index (Phi) is 4.41. The molecule has 1 aliphatic carbocycles. The summed E-state index contributed by atoms with van der Waals surface area (Å²) in [6.07, 6.45) is 4.65. The van der Waals surface area contributed by atoms with Crippen molar-refractivity contribution >= 4 is 33.1 Å². The van der Waals surface area contributed by atoms with Gasteiger partial charge in [0.15, 0.2) is 5.13 Å². The highest BCUT2D eigenvalue weighted by Crippen LogP contribution is 2.28. The Labute approximate surface area is 168 Å². The molecule has 4 aromatic rings. The van der Waals surface area contributed by atoms with E-state index in [9.17, 15) is 4.79 Å². The predicted octanol–water partition coefficient (Wildman–Crippen LogP) is 6.09. The van der Waals surface area contributed by atoms with Crippen LogP contribution in [0.3, 0.4) is 0 Å². The molecule has 0 atom stereocenters. The van der Waals surface area contributed by atoms with Crippen molar-refractivity contribution in [3.05, 3.63) is 82.7 Å². The molecular formula is C24H20N2OS. The summed E-state index contributed by atoms with van der Waals surface area (Å²) in [5.41, 5.74) is 5.36. The van der Waals surface area contributed by atoms with E-state index in [0.717, 1.165) is 24.1 Å². The molecule has 5 rings (SSSR count). The molecular weight excluding hydrogens is 364 g/mol. The van der Waals surface area contributed by atoms with E-state index in [1.165, 1.54) is 46.1 Å². The lowest BCUT2D eigenvalue weighted by Gasteiger charge is -2.16. The first kappa shape index (κ1) is 17.1. The van der Waals surface area contributed by atoms with Gasteiger partial charge in [0.1, 0.15) is 0 Å². The predicted molar refractivity (Wildman–Crippen MR) is 116 cm³/mol. The van der Waals surface area contributed by atoms with Crippen molar-refractivity contribution in [2.24, 2.45) is 0 Å². The van der Waals surface area contributed by atoms with Crippen LogP contribution in [0.4, 0.5) is 5.13 Å². The summed E-state index contributed by atoms with van der Waals surface area (Å²) in [7, 11) is 0. The van der Waals surface area contributed by atoms with Crippen LogP contribution in [0.25, 0.3) is 22.0 Å². The summed E-state index contributed by atoms with van der Waals surface area (Å²) in [5, 5.41) is 7.98. The fourth-order valence-electron chi connectivity index (χ4n) is 3.86. The SMILES string of the molecule is O=C(Nc1nc(-c2ccc3ccccc3c2)cs1)c1ccc2c(c1)CCCC2. The Hall–Kier alpha value is -2.98. The Bertz CT molecular complexity index is 1180. The Balaban J connectivity index is 1.36. The van der Waals surface area contributed by atoms with Gasteiger partial charge < -0.3 is 0 Å². The Morgan fingerprint density at radius 2 is 1.71 bits per heavy atom. The molecule has 0 unspecified atom stereocenters. The fourth-order valence-corrected chi connectivity index (χ4v) is 4.57. The summed E-state index contributed by atoms with van der Waals surface area (Å²) < 4.78 is 0. The van der Waals surface area contributed by atoms with Gasteiger partial charge in [0, 0.05) is 16.5 Å². The maximum absolute atomic E-state index is 12.7. The van der Waals surface area contributed by atoms with Crippen molar-refractivity contribution in [2.75, 3.05) is 5.32 Å². The van der Waals surface area contributed by atoms with Crippen LogP contribution in [-0.2, 0) is 12.8 Å². The number of aryl methyl sites for hydroxylation is 2. The minimum Gasteiger partial charge on any atom is -0.298 e. The van der Waals surface area contributed by atoms with Crippen LogP contribution in [0, 0.1) is 0 Å². The molecule has 0 saturated carbocycles. The van der Waals surface area contributed by atoms with E-state index in [-0.39, 0.29) is 5.91 Å². The molecule has 0 bridgehead atoms. The number of amides is 1. The van der Waals surface area contributed by atoms with Crippen LogP contribution in [0.1, 0.15) is 34.3 Å². The van der Waals surface area contributed by atoms with Crippen molar-refractivity contribution in [1.29, 1.82) is 0 Å². The number of nitrogens with one attached hydrogen (secondary N) is 1. The summed E-state index contributed by atoms with van der Waals surface area (Å²) >= 11 is 1.46. The number of aromatic nitrogens is 1. The van der Waals surface area contributed by atoms with Gasteiger partial charge in [0.25, 0.3) is 5.91 Å². The summed E-state index contributed by atoms with van der Waals surface area (Å²) in [4.78, 5) is 17.3. The zero-order valence-corrected chi connectivity index (χ0v) is 16.3. The number of rotatable bonds is 3.